The summed E-state index contributed by atoms with van der Waals surface area (Å²) >= 11 is 0. The Morgan fingerprint density at radius 1 is 1.20 bits per heavy atom. The lowest BCUT2D eigenvalue weighted by molar-refractivity contribution is -0.136. The first-order valence-electron chi connectivity index (χ1n) is 8.05. The second-order valence-corrected chi connectivity index (χ2v) is 5.93. The van der Waals surface area contributed by atoms with Gasteiger partial charge in [-0.1, -0.05) is 66.7 Å². The average Bonchev–Trinajstić information content (AvgIpc) is 2.63. The Labute approximate surface area is 149 Å². The number of nitrogens with zero attached hydrogens (tertiary/aromatic N) is 2. The van der Waals surface area contributed by atoms with E-state index in [-0.39, 0.29) is 6.54 Å². The SMILES string of the molecule is C=C(CN(Cc1ccccc1)C(C#N)c1ccc(C)cc1)C(=O)OC. The number of aryl methyl sites for hydroxylation is 1. The fourth-order valence-electron chi connectivity index (χ4n) is 2.63. The zero-order valence-electron chi connectivity index (χ0n) is 14.6. The normalized spacial score (nSPS) is 11.6. The molecule has 0 aliphatic carbocycles. The standard InChI is InChI=1S/C21H22N2O2/c1-16-9-11-19(12-10-16)20(13-22)23(14-17(2)21(24)25-3)15-18-7-5-4-6-8-18/h4-12,20H,2,14-15H2,1,3H3. The van der Waals surface area contributed by atoms with Crippen LogP contribution in [0.4, 0.5) is 0 Å². The van der Waals surface area contributed by atoms with Gasteiger partial charge in [-0.05, 0) is 18.1 Å². The summed E-state index contributed by atoms with van der Waals surface area (Å²) in [5.74, 6) is -0.460. The monoisotopic (exact) mass is 334 g/mol. The summed E-state index contributed by atoms with van der Waals surface area (Å²) in [6, 6.07) is 19.6. The minimum atomic E-state index is -0.484. The van der Waals surface area contributed by atoms with Crippen LogP contribution in [-0.2, 0) is 16.1 Å². The highest BCUT2D eigenvalue weighted by Gasteiger charge is 2.23. The van der Waals surface area contributed by atoms with E-state index in [4.69, 9.17) is 4.74 Å². The van der Waals surface area contributed by atoms with E-state index < -0.39 is 12.0 Å². The van der Waals surface area contributed by atoms with Gasteiger partial charge < -0.3 is 4.74 Å². The van der Waals surface area contributed by atoms with E-state index in [1.54, 1.807) is 0 Å². The second kappa shape index (κ2) is 8.81. The summed E-state index contributed by atoms with van der Waals surface area (Å²) in [5.41, 5.74) is 3.41. The molecule has 0 amide bonds. The molecule has 0 N–H and O–H groups in total. The van der Waals surface area contributed by atoms with Crippen molar-refractivity contribution < 1.29 is 9.53 Å². The van der Waals surface area contributed by atoms with Crippen LogP contribution in [0.1, 0.15) is 22.7 Å². The van der Waals surface area contributed by atoms with Crippen molar-refractivity contribution in [3.63, 3.8) is 0 Å². The molecule has 0 saturated carbocycles. The van der Waals surface area contributed by atoms with Crippen molar-refractivity contribution in [3.8, 4) is 6.07 Å². The fraction of sp³-hybridized carbons (Fsp3) is 0.238. The van der Waals surface area contributed by atoms with E-state index >= 15 is 0 Å². The van der Waals surface area contributed by atoms with Crippen molar-refractivity contribution in [3.05, 3.63) is 83.4 Å². The van der Waals surface area contributed by atoms with Crippen molar-refractivity contribution in [2.75, 3.05) is 13.7 Å². The van der Waals surface area contributed by atoms with Crippen LogP contribution in [0, 0.1) is 18.3 Å². The van der Waals surface area contributed by atoms with Crippen molar-refractivity contribution >= 4 is 5.97 Å². The van der Waals surface area contributed by atoms with Crippen LogP contribution in [0.5, 0.6) is 0 Å². The number of methoxy groups -OCH3 is 1. The Kier molecular flexibility index (Phi) is 6.50. The number of esters is 1. The van der Waals surface area contributed by atoms with Crippen molar-refractivity contribution in [1.29, 1.82) is 5.26 Å². The Morgan fingerprint density at radius 3 is 2.40 bits per heavy atom. The number of hydrogen-bond acceptors (Lipinski definition) is 4. The van der Waals surface area contributed by atoms with Gasteiger partial charge in [0.1, 0.15) is 6.04 Å². The topological polar surface area (TPSA) is 53.3 Å². The van der Waals surface area contributed by atoms with Crippen molar-refractivity contribution in [2.45, 2.75) is 19.5 Å². The lowest BCUT2D eigenvalue weighted by Gasteiger charge is -2.28. The molecule has 0 spiro atoms. The van der Waals surface area contributed by atoms with Gasteiger partial charge in [0.05, 0.1) is 13.2 Å². The highest BCUT2D eigenvalue weighted by atomic mass is 16.5. The van der Waals surface area contributed by atoms with Gasteiger partial charge in [-0.15, -0.1) is 0 Å². The van der Waals surface area contributed by atoms with Crippen molar-refractivity contribution in [1.82, 2.24) is 4.90 Å². The number of rotatable bonds is 7. The molecule has 4 heteroatoms. The number of hydrogen-bond donors (Lipinski definition) is 0. The summed E-state index contributed by atoms with van der Waals surface area (Å²) < 4.78 is 4.75. The van der Waals surface area contributed by atoms with Gasteiger partial charge >= 0.3 is 5.97 Å². The summed E-state index contributed by atoms with van der Waals surface area (Å²) in [4.78, 5) is 13.7. The van der Waals surface area contributed by atoms with Gasteiger partial charge in [0.15, 0.2) is 0 Å². The molecule has 0 saturated heterocycles. The maximum absolute atomic E-state index is 11.8. The van der Waals surface area contributed by atoms with E-state index in [1.807, 2.05) is 66.4 Å². The molecule has 128 valence electrons. The highest BCUT2D eigenvalue weighted by molar-refractivity contribution is 5.88. The molecule has 2 aromatic carbocycles. The number of carbonyl (C=O) groups is 1. The fourth-order valence-corrected chi connectivity index (χ4v) is 2.63. The molecule has 1 unspecified atom stereocenters. The molecule has 2 rings (SSSR count). The van der Waals surface area contributed by atoms with Crippen LogP contribution >= 0.6 is 0 Å². The van der Waals surface area contributed by atoms with E-state index in [9.17, 15) is 10.1 Å². The lowest BCUT2D eigenvalue weighted by atomic mass is 10.0. The molecule has 0 aromatic heterocycles. The third-order valence-electron chi connectivity index (χ3n) is 3.98. The van der Waals surface area contributed by atoms with Gasteiger partial charge in [0, 0.05) is 18.7 Å². The molecule has 25 heavy (non-hydrogen) atoms. The molecular formula is C21H22N2O2. The highest BCUT2D eigenvalue weighted by Crippen LogP contribution is 2.24. The molecule has 2 aromatic rings. The predicted molar refractivity (Wildman–Crippen MR) is 97.5 cm³/mol. The van der Waals surface area contributed by atoms with E-state index in [0.717, 1.165) is 16.7 Å². The molecule has 0 heterocycles. The van der Waals surface area contributed by atoms with Crippen LogP contribution in [-0.4, -0.2) is 24.5 Å². The van der Waals surface area contributed by atoms with Crippen molar-refractivity contribution in [2.24, 2.45) is 0 Å². The average molecular weight is 334 g/mol. The lowest BCUT2D eigenvalue weighted by Crippen LogP contribution is -2.31. The minimum Gasteiger partial charge on any atom is -0.466 e. The Balaban J connectivity index is 2.30. The first kappa shape index (κ1) is 18.4. The van der Waals surface area contributed by atoms with Gasteiger partial charge in [0.2, 0.25) is 0 Å². The van der Waals surface area contributed by atoms with Gasteiger partial charge in [0.25, 0.3) is 0 Å². The van der Waals surface area contributed by atoms with Crippen LogP contribution in [0.15, 0.2) is 66.7 Å². The van der Waals surface area contributed by atoms with Crippen LogP contribution < -0.4 is 0 Å². The molecule has 0 bridgehead atoms. The van der Waals surface area contributed by atoms with E-state index in [0.29, 0.717) is 12.1 Å². The van der Waals surface area contributed by atoms with Gasteiger partial charge in [-0.2, -0.15) is 5.26 Å². The zero-order valence-corrected chi connectivity index (χ0v) is 14.6. The molecule has 1 atom stereocenters. The maximum Gasteiger partial charge on any atom is 0.334 e. The quantitative estimate of drug-likeness (QED) is 0.571. The molecule has 4 nitrogen and oxygen atoms in total. The first-order valence-corrected chi connectivity index (χ1v) is 8.05. The molecule has 0 radical (unpaired) electrons. The number of carbonyl (C=O) groups excluding carboxylic acids is 1. The molecule has 0 aliphatic rings. The van der Waals surface area contributed by atoms with E-state index in [1.165, 1.54) is 7.11 Å². The third kappa shape index (κ3) is 5.03. The predicted octanol–water partition coefficient (Wildman–Crippen LogP) is 3.79. The summed E-state index contributed by atoms with van der Waals surface area (Å²) in [7, 11) is 1.33. The van der Waals surface area contributed by atoms with Crippen LogP contribution in [0.2, 0.25) is 0 Å². The maximum atomic E-state index is 11.8. The zero-order chi connectivity index (χ0) is 18.2. The first-order chi connectivity index (χ1) is 12.0. The summed E-state index contributed by atoms with van der Waals surface area (Å²) in [6.07, 6.45) is 0. The summed E-state index contributed by atoms with van der Waals surface area (Å²) in [6.45, 7) is 6.60. The minimum absolute atomic E-state index is 0.258. The third-order valence-corrected chi connectivity index (χ3v) is 3.98. The molecule has 0 aliphatic heterocycles. The van der Waals surface area contributed by atoms with Crippen LogP contribution in [0.3, 0.4) is 0 Å². The number of nitriles is 1. The van der Waals surface area contributed by atoms with Crippen LogP contribution in [0.25, 0.3) is 0 Å². The molecule has 0 fully saturated rings. The summed E-state index contributed by atoms with van der Waals surface area (Å²) in [5, 5.41) is 9.77. The Morgan fingerprint density at radius 2 is 1.84 bits per heavy atom. The second-order valence-electron chi connectivity index (χ2n) is 5.93. The molecular weight excluding hydrogens is 312 g/mol. The number of benzene rings is 2. The number of ether oxygens (including phenoxy) is 1. The Bertz CT molecular complexity index is 761. The van der Waals surface area contributed by atoms with Gasteiger partial charge in [-0.25, -0.2) is 4.79 Å². The largest absolute Gasteiger partial charge is 0.466 e. The Hall–Kier alpha value is -2.90. The van der Waals surface area contributed by atoms with E-state index in [2.05, 4.69) is 12.6 Å². The van der Waals surface area contributed by atoms with Gasteiger partial charge in [-0.3, -0.25) is 4.90 Å². The smallest absolute Gasteiger partial charge is 0.334 e.